The molecule has 5 heteroatoms. The third-order valence-electron chi connectivity index (χ3n) is 4.28. The lowest BCUT2D eigenvalue weighted by molar-refractivity contribution is 1.05. The predicted molar refractivity (Wildman–Crippen MR) is 106 cm³/mol. The van der Waals surface area contributed by atoms with E-state index in [9.17, 15) is 0 Å². The first-order valence-electron chi connectivity index (χ1n) is 8.71. The van der Waals surface area contributed by atoms with Crippen LogP contribution in [-0.2, 0) is 0 Å². The normalized spacial score (nSPS) is 10.5. The fraction of sp³-hybridized carbons (Fsp3) is 0.136. The van der Waals surface area contributed by atoms with E-state index in [1.165, 1.54) is 0 Å². The number of nitrogens with one attached hydrogen (secondary N) is 1. The molecule has 132 valence electrons. The molecule has 27 heavy (non-hydrogen) atoms. The van der Waals surface area contributed by atoms with Gasteiger partial charge in [-0.1, -0.05) is 17.9 Å². The van der Waals surface area contributed by atoms with Crippen LogP contribution >= 0.6 is 0 Å². The molecule has 0 aliphatic heterocycles. The molecule has 3 aromatic heterocycles. The van der Waals surface area contributed by atoms with Crippen molar-refractivity contribution < 1.29 is 0 Å². The van der Waals surface area contributed by atoms with Crippen LogP contribution < -0.4 is 0 Å². The van der Waals surface area contributed by atoms with Crippen molar-refractivity contribution in [3.05, 3.63) is 83.3 Å². The molecule has 0 unspecified atom stereocenters. The average Bonchev–Trinajstić information content (AvgIpc) is 3.29. The van der Waals surface area contributed by atoms with Crippen molar-refractivity contribution in [3.8, 4) is 28.8 Å². The van der Waals surface area contributed by atoms with Crippen molar-refractivity contribution in [1.29, 1.82) is 0 Å². The van der Waals surface area contributed by atoms with Gasteiger partial charge in [-0.2, -0.15) is 5.10 Å². The highest BCUT2D eigenvalue weighted by molar-refractivity contribution is 5.69. The Balaban J connectivity index is 1.73. The minimum Gasteiger partial charge on any atom is -0.306 e. The summed E-state index contributed by atoms with van der Waals surface area (Å²) in [5.74, 6) is 6.57. The monoisotopic (exact) mass is 353 g/mol. The third-order valence-corrected chi connectivity index (χ3v) is 4.28. The summed E-state index contributed by atoms with van der Waals surface area (Å²) in [4.78, 5) is 8.54. The van der Waals surface area contributed by atoms with Crippen molar-refractivity contribution in [3.63, 3.8) is 0 Å². The smallest absolute Gasteiger partial charge is 0.108 e. The lowest BCUT2D eigenvalue weighted by atomic mass is 10.1. The van der Waals surface area contributed by atoms with Crippen LogP contribution in [-0.4, -0.2) is 24.7 Å². The van der Waals surface area contributed by atoms with Crippen molar-refractivity contribution >= 4 is 0 Å². The van der Waals surface area contributed by atoms with Crippen LogP contribution in [0.3, 0.4) is 0 Å². The van der Waals surface area contributed by atoms with Crippen molar-refractivity contribution in [2.75, 3.05) is 0 Å². The van der Waals surface area contributed by atoms with Gasteiger partial charge in [0.2, 0.25) is 0 Å². The summed E-state index contributed by atoms with van der Waals surface area (Å²) in [7, 11) is 0. The van der Waals surface area contributed by atoms with Gasteiger partial charge in [0.15, 0.2) is 0 Å². The number of hydrogen-bond acceptors (Lipinski definition) is 3. The van der Waals surface area contributed by atoms with Crippen molar-refractivity contribution in [2.24, 2.45) is 0 Å². The van der Waals surface area contributed by atoms with Gasteiger partial charge in [0.25, 0.3) is 0 Å². The molecular formula is C22H19N5. The molecule has 1 aromatic carbocycles. The molecule has 0 spiro atoms. The molecular weight excluding hydrogens is 334 g/mol. The SMILES string of the molecule is Cc1cc(-c2n[nH]c(C)c2C#Cc2cccc(-n3ccnc3)c2)cc(C)n1. The Bertz CT molecular complexity index is 1140. The van der Waals surface area contributed by atoms with Crippen LogP contribution in [0.25, 0.3) is 16.9 Å². The summed E-state index contributed by atoms with van der Waals surface area (Å²) in [5.41, 5.74) is 7.66. The molecule has 4 rings (SSSR count). The van der Waals surface area contributed by atoms with Gasteiger partial charge in [0.05, 0.1) is 11.9 Å². The van der Waals surface area contributed by atoms with Gasteiger partial charge in [0, 0.05) is 46.3 Å². The number of nitrogens with zero attached hydrogens (tertiary/aromatic N) is 4. The third kappa shape index (κ3) is 3.51. The van der Waals surface area contributed by atoms with Crippen LogP contribution in [0.4, 0.5) is 0 Å². The summed E-state index contributed by atoms with van der Waals surface area (Å²) in [6.45, 7) is 5.97. The van der Waals surface area contributed by atoms with E-state index in [0.29, 0.717) is 0 Å². The molecule has 0 saturated carbocycles. The topological polar surface area (TPSA) is 59.4 Å². The van der Waals surface area contributed by atoms with Crippen LogP contribution in [0.2, 0.25) is 0 Å². The van der Waals surface area contributed by atoms with E-state index in [1.54, 1.807) is 12.5 Å². The Morgan fingerprint density at radius 2 is 1.81 bits per heavy atom. The van der Waals surface area contributed by atoms with Crippen LogP contribution in [0.15, 0.2) is 55.1 Å². The second-order valence-electron chi connectivity index (χ2n) is 6.48. The van der Waals surface area contributed by atoms with E-state index in [-0.39, 0.29) is 0 Å². The minimum absolute atomic E-state index is 0.861. The maximum Gasteiger partial charge on any atom is 0.108 e. The Morgan fingerprint density at radius 1 is 1.00 bits per heavy atom. The van der Waals surface area contributed by atoms with Gasteiger partial charge in [0.1, 0.15) is 5.69 Å². The van der Waals surface area contributed by atoms with Gasteiger partial charge in [-0.05, 0) is 51.1 Å². The predicted octanol–water partition coefficient (Wildman–Crippen LogP) is 3.98. The summed E-state index contributed by atoms with van der Waals surface area (Å²) in [5, 5.41) is 7.53. The standard InChI is InChI=1S/C22H19N5/c1-15-11-19(12-16(2)24-15)22-21(17(3)25-26-22)8-7-18-5-4-6-20(13-18)27-10-9-23-14-27/h4-6,9-14H,1-3H3,(H,25,26). The molecule has 0 amide bonds. The van der Waals surface area contributed by atoms with Crippen LogP contribution in [0.5, 0.6) is 0 Å². The maximum atomic E-state index is 4.47. The number of aromatic nitrogens is 5. The second-order valence-corrected chi connectivity index (χ2v) is 6.48. The Labute approximate surface area is 158 Å². The van der Waals surface area contributed by atoms with E-state index >= 15 is 0 Å². The van der Waals surface area contributed by atoms with Crippen molar-refractivity contribution in [1.82, 2.24) is 24.7 Å². The van der Waals surface area contributed by atoms with E-state index in [2.05, 4.69) is 32.0 Å². The molecule has 3 heterocycles. The molecule has 0 fully saturated rings. The summed E-state index contributed by atoms with van der Waals surface area (Å²) in [6.07, 6.45) is 5.45. The second kappa shape index (κ2) is 6.93. The molecule has 0 radical (unpaired) electrons. The zero-order valence-electron chi connectivity index (χ0n) is 15.5. The fourth-order valence-corrected chi connectivity index (χ4v) is 3.05. The number of aromatic amines is 1. The number of imidazole rings is 1. The Hall–Kier alpha value is -3.65. The first kappa shape index (κ1) is 16.8. The molecule has 0 saturated heterocycles. The first-order chi connectivity index (χ1) is 13.1. The van der Waals surface area contributed by atoms with E-state index in [0.717, 1.165) is 45.2 Å². The Kier molecular flexibility index (Phi) is 4.31. The van der Waals surface area contributed by atoms with Gasteiger partial charge in [-0.25, -0.2) is 4.98 Å². The zero-order chi connectivity index (χ0) is 18.8. The molecule has 0 bridgehead atoms. The summed E-state index contributed by atoms with van der Waals surface area (Å²) >= 11 is 0. The van der Waals surface area contributed by atoms with E-state index in [1.807, 2.05) is 67.9 Å². The minimum atomic E-state index is 0.861. The maximum absolute atomic E-state index is 4.47. The zero-order valence-corrected chi connectivity index (χ0v) is 15.5. The first-order valence-corrected chi connectivity index (χ1v) is 8.71. The highest BCUT2D eigenvalue weighted by atomic mass is 15.1. The van der Waals surface area contributed by atoms with Crippen LogP contribution in [0.1, 0.15) is 28.2 Å². The molecule has 4 aromatic rings. The lowest BCUT2D eigenvalue weighted by Gasteiger charge is -2.03. The summed E-state index contributed by atoms with van der Waals surface area (Å²) in [6, 6.07) is 12.1. The Morgan fingerprint density at radius 3 is 2.56 bits per heavy atom. The number of benzene rings is 1. The highest BCUT2D eigenvalue weighted by Gasteiger charge is 2.11. The van der Waals surface area contributed by atoms with E-state index in [4.69, 9.17) is 0 Å². The van der Waals surface area contributed by atoms with Gasteiger partial charge < -0.3 is 4.57 Å². The molecule has 0 aliphatic carbocycles. The quantitative estimate of drug-likeness (QED) is 0.555. The van der Waals surface area contributed by atoms with E-state index < -0.39 is 0 Å². The highest BCUT2D eigenvalue weighted by Crippen LogP contribution is 2.24. The molecule has 0 atom stereocenters. The van der Waals surface area contributed by atoms with Gasteiger partial charge in [-0.15, -0.1) is 0 Å². The molecule has 0 aliphatic rings. The molecule has 5 nitrogen and oxygen atoms in total. The van der Waals surface area contributed by atoms with Crippen LogP contribution in [0, 0.1) is 32.6 Å². The van der Waals surface area contributed by atoms with Gasteiger partial charge >= 0.3 is 0 Å². The van der Waals surface area contributed by atoms with Crippen molar-refractivity contribution in [2.45, 2.75) is 20.8 Å². The largest absolute Gasteiger partial charge is 0.306 e. The summed E-state index contributed by atoms with van der Waals surface area (Å²) < 4.78 is 1.96. The van der Waals surface area contributed by atoms with Gasteiger partial charge in [-0.3, -0.25) is 10.1 Å². The lowest BCUT2D eigenvalue weighted by Crippen LogP contribution is -1.91. The fourth-order valence-electron chi connectivity index (χ4n) is 3.05. The number of pyridine rings is 1. The number of rotatable bonds is 2. The number of aryl methyl sites for hydroxylation is 3. The number of H-pyrrole nitrogens is 1. The molecule has 1 N–H and O–H groups in total. The average molecular weight is 353 g/mol. The number of hydrogen-bond donors (Lipinski definition) is 1.